The second-order valence-electron chi connectivity index (χ2n) is 6.31. The largest absolute Gasteiger partial charge is 0.496 e. The van der Waals surface area contributed by atoms with Gasteiger partial charge >= 0.3 is 0 Å². The van der Waals surface area contributed by atoms with Crippen molar-refractivity contribution >= 4 is 18.3 Å². The molecule has 0 spiro atoms. The Hall–Kier alpha value is -2.24. The Kier molecular flexibility index (Phi) is 8.43. The van der Waals surface area contributed by atoms with E-state index in [0.29, 0.717) is 26.0 Å². The molecule has 0 bridgehead atoms. The molecule has 1 amide bonds. The van der Waals surface area contributed by atoms with Gasteiger partial charge in [-0.15, -0.1) is 12.4 Å². The van der Waals surface area contributed by atoms with Gasteiger partial charge in [-0.25, -0.2) is 0 Å². The minimum atomic E-state index is 0. The minimum absolute atomic E-state index is 0. The van der Waals surface area contributed by atoms with Crippen LogP contribution < -0.4 is 14.8 Å². The number of methoxy groups -OCH3 is 1. The van der Waals surface area contributed by atoms with Crippen molar-refractivity contribution in [2.75, 3.05) is 33.4 Å². The average Bonchev–Trinajstić information content (AvgIpc) is 2.72. The number of piperazine rings is 1. The van der Waals surface area contributed by atoms with Crippen molar-refractivity contribution in [3.63, 3.8) is 0 Å². The number of carbonyl (C=O) groups is 1. The van der Waals surface area contributed by atoms with Crippen molar-refractivity contribution in [3.05, 3.63) is 60.2 Å². The van der Waals surface area contributed by atoms with Crippen LogP contribution in [0, 0.1) is 0 Å². The summed E-state index contributed by atoms with van der Waals surface area (Å²) in [6.07, 6.45) is 1.19. The number of carbonyl (C=O) groups excluding carboxylic acids is 1. The maximum absolute atomic E-state index is 12.8. The van der Waals surface area contributed by atoms with Crippen LogP contribution in [0.25, 0.3) is 0 Å². The molecule has 1 fully saturated rings. The van der Waals surface area contributed by atoms with E-state index in [0.717, 1.165) is 30.2 Å². The first-order valence-electron chi connectivity index (χ1n) is 9.10. The smallest absolute Gasteiger partial charge is 0.223 e. The quantitative estimate of drug-likeness (QED) is 0.736. The molecule has 5 nitrogen and oxygen atoms in total. The van der Waals surface area contributed by atoms with E-state index in [2.05, 4.69) is 5.32 Å². The first kappa shape index (κ1) is 21.1. The van der Waals surface area contributed by atoms with Crippen LogP contribution in [-0.4, -0.2) is 44.2 Å². The summed E-state index contributed by atoms with van der Waals surface area (Å²) in [6, 6.07) is 17.6. The molecule has 1 aliphatic heterocycles. The maximum atomic E-state index is 12.8. The van der Waals surface area contributed by atoms with Crippen LogP contribution in [0.2, 0.25) is 0 Å². The van der Waals surface area contributed by atoms with Gasteiger partial charge in [0, 0.05) is 31.6 Å². The number of benzene rings is 2. The summed E-state index contributed by atoms with van der Waals surface area (Å²) in [4.78, 5) is 14.8. The Labute approximate surface area is 167 Å². The number of hydrogen-bond acceptors (Lipinski definition) is 4. The molecule has 6 heteroatoms. The van der Waals surface area contributed by atoms with Crippen molar-refractivity contribution in [2.24, 2.45) is 0 Å². The predicted octanol–water partition coefficient (Wildman–Crippen LogP) is 3.45. The van der Waals surface area contributed by atoms with Crippen LogP contribution in [0.15, 0.2) is 54.6 Å². The lowest BCUT2D eigenvalue weighted by Gasteiger charge is -2.37. The fourth-order valence-electron chi connectivity index (χ4n) is 3.30. The van der Waals surface area contributed by atoms with Crippen LogP contribution in [0.4, 0.5) is 0 Å². The van der Waals surface area contributed by atoms with Gasteiger partial charge in [-0.3, -0.25) is 4.79 Å². The number of para-hydroxylation sites is 2. The lowest BCUT2D eigenvalue weighted by atomic mass is 10.0. The molecular weight excluding hydrogens is 364 g/mol. The third-order valence-electron chi connectivity index (χ3n) is 4.61. The number of nitrogens with zero attached hydrogens (tertiary/aromatic N) is 1. The topological polar surface area (TPSA) is 50.8 Å². The van der Waals surface area contributed by atoms with Gasteiger partial charge in [0.2, 0.25) is 5.91 Å². The molecule has 3 rings (SSSR count). The molecule has 0 radical (unpaired) electrons. The predicted molar refractivity (Wildman–Crippen MR) is 109 cm³/mol. The Morgan fingerprint density at radius 2 is 1.89 bits per heavy atom. The molecule has 1 N–H and O–H groups in total. The van der Waals surface area contributed by atoms with Crippen LogP contribution >= 0.6 is 12.4 Å². The fourth-order valence-corrected chi connectivity index (χ4v) is 3.30. The van der Waals surface area contributed by atoms with Gasteiger partial charge in [-0.1, -0.05) is 36.4 Å². The van der Waals surface area contributed by atoms with E-state index >= 15 is 0 Å². The highest BCUT2D eigenvalue weighted by Crippen LogP contribution is 2.30. The second-order valence-corrected chi connectivity index (χ2v) is 6.31. The Bertz CT molecular complexity index is 712. The highest BCUT2D eigenvalue weighted by Gasteiger charge is 2.29. The second kappa shape index (κ2) is 10.8. The number of halogens is 1. The molecule has 1 unspecified atom stereocenters. The molecule has 0 aromatic heterocycles. The normalized spacial score (nSPS) is 16.3. The van der Waals surface area contributed by atoms with Gasteiger partial charge in [-0.2, -0.15) is 0 Å². The number of rotatable bonds is 7. The molecule has 2 aromatic carbocycles. The summed E-state index contributed by atoms with van der Waals surface area (Å²) in [5.41, 5.74) is 1.05. The van der Waals surface area contributed by atoms with Crippen molar-refractivity contribution < 1.29 is 14.3 Å². The summed E-state index contributed by atoms with van der Waals surface area (Å²) in [5, 5.41) is 3.38. The van der Waals surface area contributed by atoms with E-state index in [9.17, 15) is 4.79 Å². The molecule has 2 aromatic rings. The third kappa shape index (κ3) is 5.62. The molecule has 1 heterocycles. The van der Waals surface area contributed by atoms with Gasteiger partial charge in [0.15, 0.2) is 0 Å². The molecule has 0 saturated carbocycles. The number of nitrogens with one attached hydrogen (secondary N) is 1. The summed E-state index contributed by atoms with van der Waals surface area (Å²) in [7, 11) is 1.67. The fraction of sp³-hybridized carbons (Fsp3) is 0.381. The molecule has 1 saturated heterocycles. The van der Waals surface area contributed by atoms with Crippen LogP contribution in [-0.2, 0) is 4.79 Å². The Balaban J connectivity index is 0.00000261. The zero-order valence-corrected chi connectivity index (χ0v) is 16.4. The maximum Gasteiger partial charge on any atom is 0.223 e. The van der Waals surface area contributed by atoms with Gasteiger partial charge < -0.3 is 19.7 Å². The van der Waals surface area contributed by atoms with Gasteiger partial charge in [-0.05, 0) is 24.6 Å². The zero-order valence-electron chi connectivity index (χ0n) is 15.6. The standard InChI is InChI=1S/C21H26N2O3.ClH/c1-25-20-11-6-5-10-18(20)19-16-22-13-14-23(19)21(24)12-7-15-26-17-8-3-2-4-9-17;/h2-6,8-11,19,22H,7,12-16H2,1H3;1H. The van der Waals surface area contributed by atoms with E-state index in [-0.39, 0.29) is 24.4 Å². The SMILES string of the molecule is COc1ccccc1C1CNCCN1C(=O)CCCOc1ccccc1.Cl. The Morgan fingerprint density at radius 3 is 2.67 bits per heavy atom. The van der Waals surface area contributed by atoms with Crippen molar-refractivity contribution in [1.82, 2.24) is 10.2 Å². The summed E-state index contributed by atoms with van der Waals surface area (Å²) in [6.45, 7) is 2.81. The first-order valence-corrected chi connectivity index (χ1v) is 9.10. The van der Waals surface area contributed by atoms with Crippen LogP contribution in [0.1, 0.15) is 24.4 Å². The number of amides is 1. The van der Waals surface area contributed by atoms with E-state index in [1.807, 2.05) is 59.5 Å². The Morgan fingerprint density at radius 1 is 1.15 bits per heavy atom. The van der Waals surface area contributed by atoms with Gasteiger partial charge in [0.05, 0.1) is 19.8 Å². The number of ether oxygens (including phenoxy) is 2. The third-order valence-corrected chi connectivity index (χ3v) is 4.61. The summed E-state index contributed by atoms with van der Waals surface area (Å²) < 4.78 is 11.2. The summed E-state index contributed by atoms with van der Waals surface area (Å²) >= 11 is 0. The van der Waals surface area contributed by atoms with E-state index in [4.69, 9.17) is 9.47 Å². The zero-order chi connectivity index (χ0) is 18.2. The minimum Gasteiger partial charge on any atom is -0.496 e. The number of hydrogen-bond donors (Lipinski definition) is 1. The average molecular weight is 391 g/mol. The van der Waals surface area contributed by atoms with Crippen molar-refractivity contribution in [2.45, 2.75) is 18.9 Å². The molecule has 27 heavy (non-hydrogen) atoms. The van der Waals surface area contributed by atoms with Gasteiger partial charge in [0.25, 0.3) is 0 Å². The molecule has 1 atom stereocenters. The lowest BCUT2D eigenvalue weighted by Crippen LogP contribution is -2.48. The van der Waals surface area contributed by atoms with Crippen LogP contribution in [0.3, 0.4) is 0 Å². The van der Waals surface area contributed by atoms with Crippen molar-refractivity contribution in [1.29, 1.82) is 0 Å². The van der Waals surface area contributed by atoms with E-state index in [1.54, 1.807) is 7.11 Å². The monoisotopic (exact) mass is 390 g/mol. The van der Waals surface area contributed by atoms with Crippen molar-refractivity contribution in [3.8, 4) is 11.5 Å². The lowest BCUT2D eigenvalue weighted by molar-refractivity contribution is -0.134. The van der Waals surface area contributed by atoms with Crippen LogP contribution in [0.5, 0.6) is 11.5 Å². The summed E-state index contributed by atoms with van der Waals surface area (Å²) in [5.74, 6) is 1.83. The molecule has 0 aliphatic carbocycles. The highest BCUT2D eigenvalue weighted by molar-refractivity contribution is 5.85. The molecule has 1 aliphatic rings. The van der Waals surface area contributed by atoms with E-state index < -0.39 is 0 Å². The molecule has 146 valence electrons. The first-order chi connectivity index (χ1) is 12.8. The molecular formula is C21H27ClN2O3. The van der Waals surface area contributed by atoms with E-state index in [1.165, 1.54) is 0 Å². The highest BCUT2D eigenvalue weighted by atomic mass is 35.5. The van der Waals surface area contributed by atoms with Gasteiger partial charge in [0.1, 0.15) is 11.5 Å².